The number of hydrogen-bond donors (Lipinski definition) is 1. The summed E-state index contributed by atoms with van der Waals surface area (Å²) in [6, 6.07) is 4.73. The lowest BCUT2D eigenvalue weighted by molar-refractivity contribution is -0.141. The topological polar surface area (TPSA) is 103 Å². The third-order valence-electron chi connectivity index (χ3n) is 2.88. The van der Waals surface area contributed by atoms with Gasteiger partial charge in [-0.3, -0.25) is 4.79 Å². The largest absolute Gasteiger partial charge is 0.468 e. The maximum atomic E-state index is 13.1. The van der Waals surface area contributed by atoms with Crippen molar-refractivity contribution >= 4 is 16.0 Å². The molecule has 0 fully saturated rings. The van der Waals surface area contributed by atoms with Crippen LogP contribution < -0.4 is 4.72 Å². The number of sulfonamides is 1. The Kier molecular flexibility index (Phi) is 5.40. The number of methoxy groups -OCH3 is 1. The number of hydrogen-bond acceptors (Lipinski definition) is 6. The fourth-order valence-corrected chi connectivity index (χ4v) is 2.82. The van der Waals surface area contributed by atoms with Crippen molar-refractivity contribution in [3.05, 3.63) is 42.0 Å². The van der Waals surface area contributed by atoms with Gasteiger partial charge in [0.25, 0.3) is 0 Å². The second-order valence-electron chi connectivity index (χ2n) is 4.59. The van der Waals surface area contributed by atoms with Crippen LogP contribution in [0.15, 0.2) is 35.4 Å². The number of ether oxygens (including phenoxy) is 1. The number of carbonyl (C=O) groups is 1. The minimum absolute atomic E-state index is 0.0652. The van der Waals surface area contributed by atoms with Gasteiger partial charge in [-0.2, -0.15) is 0 Å². The number of benzene rings is 1. The summed E-state index contributed by atoms with van der Waals surface area (Å²) in [4.78, 5) is 10.9. The van der Waals surface area contributed by atoms with Crippen LogP contribution in [0.25, 0.3) is 0 Å². The monoisotopic (exact) mass is 342 g/mol. The Bertz CT molecular complexity index is 791. The number of halogens is 1. The Labute approximate surface area is 132 Å². The molecule has 2 rings (SSSR count). The lowest BCUT2D eigenvalue weighted by atomic mass is 10.3. The number of nitrogens with one attached hydrogen (secondary N) is 1. The van der Waals surface area contributed by atoms with E-state index in [4.69, 9.17) is 0 Å². The van der Waals surface area contributed by atoms with Crippen LogP contribution >= 0.6 is 0 Å². The standard InChI is InChI=1S/C13H15FN4O4S/c1-22-13(19)9-18-8-11(16-17-18)5-6-15-23(20,21)12-4-2-3-10(14)7-12/h2-4,7-8,15H,5-6,9H2,1H3. The van der Waals surface area contributed by atoms with Gasteiger partial charge in [-0.1, -0.05) is 11.3 Å². The number of rotatable bonds is 7. The average Bonchev–Trinajstić information content (AvgIpc) is 2.94. The Morgan fingerprint density at radius 1 is 1.43 bits per heavy atom. The van der Waals surface area contributed by atoms with Crippen molar-refractivity contribution in [3.63, 3.8) is 0 Å². The second-order valence-corrected chi connectivity index (χ2v) is 6.36. The van der Waals surface area contributed by atoms with E-state index in [1.165, 1.54) is 36.2 Å². The lowest BCUT2D eigenvalue weighted by Crippen LogP contribution is -2.26. The van der Waals surface area contributed by atoms with Crippen molar-refractivity contribution in [2.24, 2.45) is 0 Å². The van der Waals surface area contributed by atoms with Gasteiger partial charge in [0, 0.05) is 19.2 Å². The summed E-state index contributed by atoms with van der Waals surface area (Å²) in [5.41, 5.74) is 0.510. The molecule has 0 atom stereocenters. The third kappa shape index (κ3) is 4.83. The van der Waals surface area contributed by atoms with Crippen LogP contribution in [0.1, 0.15) is 5.69 Å². The molecule has 0 spiro atoms. The van der Waals surface area contributed by atoms with Gasteiger partial charge in [0.15, 0.2) is 0 Å². The molecule has 1 heterocycles. The Hall–Kier alpha value is -2.33. The van der Waals surface area contributed by atoms with Crippen LogP contribution in [0.2, 0.25) is 0 Å². The Morgan fingerprint density at radius 3 is 2.91 bits per heavy atom. The highest BCUT2D eigenvalue weighted by Crippen LogP contribution is 2.10. The van der Waals surface area contributed by atoms with Gasteiger partial charge in [-0.05, 0) is 18.2 Å². The van der Waals surface area contributed by atoms with Crippen LogP contribution in [0.5, 0.6) is 0 Å². The van der Waals surface area contributed by atoms with E-state index in [-0.39, 0.29) is 24.4 Å². The van der Waals surface area contributed by atoms with E-state index < -0.39 is 21.8 Å². The summed E-state index contributed by atoms with van der Waals surface area (Å²) < 4.78 is 45.2. The van der Waals surface area contributed by atoms with Gasteiger partial charge in [0.2, 0.25) is 10.0 Å². The quantitative estimate of drug-likeness (QED) is 0.717. The van der Waals surface area contributed by atoms with Crippen molar-refractivity contribution in [2.75, 3.05) is 13.7 Å². The fourth-order valence-electron chi connectivity index (χ4n) is 1.76. The van der Waals surface area contributed by atoms with E-state index in [0.29, 0.717) is 5.69 Å². The van der Waals surface area contributed by atoms with E-state index >= 15 is 0 Å². The first kappa shape index (κ1) is 17.0. The summed E-state index contributed by atoms with van der Waals surface area (Å²) in [7, 11) is -2.52. The number of esters is 1. The van der Waals surface area contributed by atoms with Gasteiger partial charge >= 0.3 is 5.97 Å². The first-order valence-electron chi connectivity index (χ1n) is 6.62. The molecule has 0 radical (unpaired) electrons. The molecule has 0 saturated carbocycles. The predicted octanol–water partition coefficient (Wildman–Crippen LogP) is 0.111. The van der Waals surface area contributed by atoms with Crippen molar-refractivity contribution in [1.29, 1.82) is 0 Å². The molecule has 0 aliphatic carbocycles. The average molecular weight is 342 g/mol. The summed E-state index contributed by atoms with van der Waals surface area (Å²) in [6.45, 7) is -0.00567. The van der Waals surface area contributed by atoms with E-state index in [1.807, 2.05) is 0 Å². The molecule has 23 heavy (non-hydrogen) atoms. The maximum absolute atomic E-state index is 13.1. The molecule has 1 N–H and O–H groups in total. The molecule has 0 unspecified atom stereocenters. The van der Waals surface area contributed by atoms with Gasteiger partial charge in [-0.25, -0.2) is 22.2 Å². The minimum Gasteiger partial charge on any atom is -0.468 e. The van der Waals surface area contributed by atoms with Gasteiger partial charge in [0.05, 0.1) is 17.7 Å². The number of aromatic nitrogens is 3. The number of nitrogens with zero attached hydrogens (tertiary/aromatic N) is 3. The Balaban J connectivity index is 1.91. The SMILES string of the molecule is COC(=O)Cn1cc(CCNS(=O)(=O)c2cccc(F)c2)nn1. The molecule has 8 nitrogen and oxygen atoms in total. The highest BCUT2D eigenvalue weighted by atomic mass is 32.2. The molecule has 0 bridgehead atoms. The normalized spacial score (nSPS) is 11.4. The predicted molar refractivity (Wildman–Crippen MR) is 77.3 cm³/mol. The number of carbonyl (C=O) groups excluding carboxylic acids is 1. The zero-order valence-electron chi connectivity index (χ0n) is 12.3. The van der Waals surface area contributed by atoms with Crippen molar-refractivity contribution in [3.8, 4) is 0 Å². The van der Waals surface area contributed by atoms with Gasteiger partial charge < -0.3 is 4.74 Å². The lowest BCUT2D eigenvalue weighted by Gasteiger charge is -2.05. The van der Waals surface area contributed by atoms with Crippen molar-refractivity contribution < 1.29 is 22.3 Å². The highest BCUT2D eigenvalue weighted by molar-refractivity contribution is 7.89. The summed E-state index contributed by atoms with van der Waals surface area (Å²) in [5.74, 6) is -1.09. The molecule has 0 aliphatic heterocycles. The van der Waals surface area contributed by atoms with Crippen LogP contribution in [0.4, 0.5) is 4.39 Å². The van der Waals surface area contributed by atoms with Crippen molar-refractivity contribution in [1.82, 2.24) is 19.7 Å². The molecule has 2 aromatic rings. The first-order valence-corrected chi connectivity index (χ1v) is 8.10. The van der Waals surface area contributed by atoms with Gasteiger partial charge in [-0.15, -0.1) is 5.10 Å². The van der Waals surface area contributed by atoms with Crippen LogP contribution in [0, 0.1) is 5.82 Å². The molecule has 10 heteroatoms. The molecule has 1 aromatic carbocycles. The van der Waals surface area contributed by atoms with E-state index in [2.05, 4.69) is 19.8 Å². The molecular weight excluding hydrogens is 327 g/mol. The minimum atomic E-state index is -3.79. The zero-order chi connectivity index (χ0) is 16.9. The molecule has 0 amide bonds. The van der Waals surface area contributed by atoms with Crippen molar-refractivity contribution in [2.45, 2.75) is 17.9 Å². The summed E-state index contributed by atoms with van der Waals surface area (Å²) in [5, 5.41) is 7.55. The van der Waals surface area contributed by atoms with E-state index in [9.17, 15) is 17.6 Å². The maximum Gasteiger partial charge on any atom is 0.327 e. The third-order valence-corrected chi connectivity index (χ3v) is 4.34. The highest BCUT2D eigenvalue weighted by Gasteiger charge is 2.14. The Morgan fingerprint density at radius 2 is 2.22 bits per heavy atom. The van der Waals surface area contributed by atoms with Crippen LogP contribution in [-0.4, -0.2) is 43.0 Å². The van der Waals surface area contributed by atoms with E-state index in [1.54, 1.807) is 0 Å². The zero-order valence-corrected chi connectivity index (χ0v) is 13.1. The molecular formula is C13H15FN4O4S. The molecule has 0 aliphatic rings. The summed E-state index contributed by atoms with van der Waals surface area (Å²) in [6.07, 6.45) is 1.79. The van der Waals surface area contributed by atoms with Crippen LogP contribution in [0.3, 0.4) is 0 Å². The van der Waals surface area contributed by atoms with E-state index in [0.717, 1.165) is 6.07 Å². The molecule has 1 aromatic heterocycles. The fraction of sp³-hybridized carbons (Fsp3) is 0.308. The smallest absolute Gasteiger partial charge is 0.327 e. The molecule has 0 saturated heterocycles. The second kappa shape index (κ2) is 7.29. The summed E-state index contributed by atoms with van der Waals surface area (Å²) >= 11 is 0. The van der Waals surface area contributed by atoms with Crippen LogP contribution in [-0.2, 0) is 32.5 Å². The molecule has 124 valence electrons. The first-order chi connectivity index (χ1) is 10.9. The van der Waals surface area contributed by atoms with Gasteiger partial charge in [0.1, 0.15) is 12.4 Å².